The van der Waals surface area contributed by atoms with Crippen LogP contribution in [0.3, 0.4) is 0 Å². The number of benzene rings is 1. The first-order valence-corrected chi connectivity index (χ1v) is 8.87. The van der Waals surface area contributed by atoms with Crippen molar-refractivity contribution >= 4 is 17.3 Å². The number of nitrogens with two attached hydrogens (primary N) is 1. The Hall–Kier alpha value is -3.32. The Morgan fingerprint density at radius 1 is 1.07 bits per heavy atom. The lowest BCUT2D eigenvalue weighted by atomic mass is 10.1. The molecular formula is C20H18N6O. The number of hydrogen-bond donors (Lipinski definition) is 1. The van der Waals surface area contributed by atoms with Crippen molar-refractivity contribution in [2.24, 2.45) is 10.7 Å². The lowest BCUT2D eigenvalue weighted by molar-refractivity contribution is 0.109. The van der Waals surface area contributed by atoms with E-state index in [1.807, 2.05) is 42.5 Å². The first kappa shape index (κ1) is 15.9. The van der Waals surface area contributed by atoms with Gasteiger partial charge in [0.15, 0.2) is 11.6 Å². The molecular weight excluding hydrogens is 340 g/mol. The maximum Gasteiger partial charge on any atom is 0.163 e. The molecule has 3 aromatic rings. The summed E-state index contributed by atoms with van der Waals surface area (Å²) in [7, 11) is 0. The number of rotatable bonds is 2. The number of amidine groups is 1. The first-order valence-electron chi connectivity index (χ1n) is 8.87. The van der Waals surface area contributed by atoms with Gasteiger partial charge >= 0.3 is 0 Å². The minimum Gasteiger partial charge on any atom is -0.385 e. The molecule has 2 aromatic heterocycles. The normalized spacial score (nSPS) is 18.4. The summed E-state index contributed by atoms with van der Waals surface area (Å²) in [6.45, 7) is 1.89. The molecule has 1 fully saturated rings. The van der Waals surface area contributed by atoms with Gasteiger partial charge in [0.2, 0.25) is 0 Å². The second-order valence-electron chi connectivity index (χ2n) is 6.49. The molecule has 1 atom stereocenters. The van der Waals surface area contributed by atoms with Gasteiger partial charge in [-0.15, -0.1) is 0 Å². The Morgan fingerprint density at radius 3 is 2.85 bits per heavy atom. The van der Waals surface area contributed by atoms with E-state index in [-0.39, 0.29) is 6.04 Å². The van der Waals surface area contributed by atoms with Crippen LogP contribution in [0.4, 0.5) is 11.5 Å². The molecule has 2 aliphatic heterocycles. The first-order chi connectivity index (χ1) is 13.3. The van der Waals surface area contributed by atoms with Crippen LogP contribution in [0.2, 0.25) is 0 Å². The van der Waals surface area contributed by atoms with Crippen molar-refractivity contribution in [2.45, 2.75) is 6.04 Å². The Balaban J connectivity index is 1.63. The van der Waals surface area contributed by atoms with Gasteiger partial charge in [0.05, 0.1) is 25.1 Å². The van der Waals surface area contributed by atoms with Crippen LogP contribution >= 0.6 is 0 Å². The van der Waals surface area contributed by atoms with Crippen molar-refractivity contribution in [3.05, 3.63) is 54.9 Å². The van der Waals surface area contributed by atoms with Crippen LogP contribution in [0.1, 0.15) is 0 Å². The molecule has 7 heteroatoms. The fourth-order valence-corrected chi connectivity index (χ4v) is 3.51. The van der Waals surface area contributed by atoms with Gasteiger partial charge in [-0.3, -0.25) is 4.98 Å². The van der Waals surface area contributed by atoms with E-state index in [2.05, 4.69) is 19.9 Å². The van der Waals surface area contributed by atoms with Crippen molar-refractivity contribution in [3.63, 3.8) is 0 Å². The monoisotopic (exact) mass is 358 g/mol. The van der Waals surface area contributed by atoms with Crippen molar-refractivity contribution in [3.8, 4) is 22.6 Å². The van der Waals surface area contributed by atoms with E-state index >= 15 is 0 Å². The summed E-state index contributed by atoms with van der Waals surface area (Å²) in [6.07, 6.45) is 3.52. The number of morpholine rings is 1. The number of ether oxygens (including phenoxy) is 1. The van der Waals surface area contributed by atoms with Gasteiger partial charge in [-0.1, -0.05) is 30.3 Å². The summed E-state index contributed by atoms with van der Waals surface area (Å²) in [5.41, 5.74) is 9.58. The smallest absolute Gasteiger partial charge is 0.163 e. The molecule has 2 N–H and O–H groups in total. The SMILES string of the molecule is NC1=Nc2cnc(-c3cccnc3-c3ccccc3)nc2N2CCOCC12. The predicted octanol–water partition coefficient (Wildman–Crippen LogP) is 2.41. The molecule has 5 rings (SSSR count). The highest BCUT2D eigenvalue weighted by Crippen LogP contribution is 2.36. The van der Waals surface area contributed by atoms with Crippen LogP contribution in [0, 0.1) is 0 Å². The highest BCUT2D eigenvalue weighted by Gasteiger charge is 2.33. The van der Waals surface area contributed by atoms with E-state index in [9.17, 15) is 0 Å². The minimum atomic E-state index is -0.0727. The van der Waals surface area contributed by atoms with E-state index in [0.29, 0.717) is 30.6 Å². The Kier molecular flexibility index (Phi) is 3.79. The van der Waals surface area contributed by atoms with Crippen molar-refractivity contribution in [1.82, 2.24) is 15.0 Å². The van der Waals surface area contributed by atoms with Gasteiger partial charge in [-0.05, 0) is 12.1 Å². The van der Waals surface area contributed by atoms with E-state index in [0.717, 1.165) is 29.2 Å². The van der Waals surface area contributed by atoms with E-state index in [4.69, 9.17) is 15.5 Å². The molecule has 0 spiro atoms. The predicted molar refractivity (Wildman–Crippen MR) is 104 cm³/mol. The molecule has 0 saturated carbocycles. The van der Waals surface area contributed by atoms with Gasteiger partial charge < -0.3 is 15.4 Å². The molecule has 1 unspecified atom stereocenters. The molecule has 2 aliphatic rings. The van der Waals surface area contributed by atoms with E-state index < -0.39 is 0 Å². The quantitative estimate of drug-likeness (QED) is 0.757. The summed E-state index contributed by atoms with van der Waals surface area (Å²) in [5.74, 6) is 1.97. The lowest BCUT2D eigenvalue weighted by Gasteiger charge is -2.38. The fourth-order valence-electron chi connectivity index (χ4n) is 3.51. The number of anilines is 1. The van der Waals surface area contributed by atoms with Crippen LogP contribution in [0.15, 0.2) is 59.9 Å². The minimum absolute atomic E-state index is 0.0727. The topological polar surface area (TPSA) is 89.5 Å². The third-order valence-corrected chi connectivity index (χ3v) is 4.84. The zero-order chi connectivity index (χ0) is 18.2. The van der Waals surface area contributed by atoms with Crippen LogP contribution < -0.4 is 10.6 Å². The zero-order valence-corrected chi connectivity index (χ0v) is 14.6. The van der Waals surface area contributed by atoms with Crippen LogP contribution in [-0.4, -0.2) is 46.6 Å². The molecule has 0 amide bonds. The molecule has 0 aliphatic carbocycles. The van der Waals surface area contributed by atoms with Gasteiger partial charge in [-0.2, -0.15) is 0 Å². The maximum absolute atomic E-state index is 6.12. The van der Waals surface area contributed by atoms with Crippen molar-refractivity contribution < 1.29 is 4.74 Å². The van der Waals surface area contributed by atoms with Gasteiger partial charge in [0.25, 0.3) is 0 Å². The average Bonchev–Trinajstić information content (AvgIpc) is 2.74. The molecule has 7 nitrogen and oxygen atoms in total. The highest BCUT2D eigenvalue weighted by molar-refractivity contribution is 5.96. The average molecular weight is 358 g/mol. The second kappa shape index (κ2) is 6.44. The molecule has 0 radical (unpaired) electrons. The molecule has 134 valence electrons. The maximum atomic E-state index is 6.12. The second-order valence-corrected chi connectivity index (χ2v) is 6.49. The number of pyridine rings is 1. The van der Waals surface area contributed by atoms with E-state index in [1.165, 1.54) is 0 Å². The highest BCUT2D eigenvalue weighted by atomic mass is 16.5. The largest absolute Gasteiger partial charge is 0.385 e. The molecule has 4 heterocycles. The van der Waals surface area contributed by atoms with Crippen molar-refractivity contribution in [1.29, 1.82) is 0 Å². The zero-order valence-electron chi connectivity index (χ0n) is 14.6. The molecule has 27 heavy (non-hydrogen) atoms. The lowest BCUT2D eigenvalue weighted by Crippen LogP contribution is -2.54. The van der Waals surface area contributed by atoms with Gasteiger partial charge in [0, 0.05) is 23.9 Å². The Morgan fingerprint density at radius 2 is 1.96 bits per heavy atom. The molecule has 1 saturated heterocycles. The summed E-state index contributed by atoms with van der Waals surface area (Å²) < 4.78 is 5.56. The summed E-state index contributed by atoms with van der Waals surface area (Å²) in [6, 6.07) is 13.9. The van der Waals surface area contributed by atoms with Gasteiger partial charge in [0.1, 0.15) is 17.6 Å². The van der Waals surface area contributed by atoms with Crippen LogP contribution in [-0.2, 0) is 4.74 Å². The number of nitrogens with zero attached hydrogens (tertiary/aromatic N) is 5. The van der Waals surface area contributed by atoms with Gasteiger partial charge in [-0.25, -0.2) is 15.0 Å². The third-order valence-electron chi connectivity index (χ3n) is 4.84. The molecule has 0 bridgehead atoms. The van der Waals surface area contributed by atoms with E-state index in [1.54, 1.807) is 12.4 Å². The van der Waals surface area contributed by atoms with Crippen LogP contribution in [0.5, 0.6) is 0 Å². The van der Waals surface area contributed by atoms with Crippen LogP contribution in [0.25, 0.3) is 22.6 Å². The Labute approximate surface area is 156 Å². The third kappa shape index (κ3) is 2.72. The number of hydrogen-bond acceptors (Lipinski definition) is 7. The van der Waals surface area contributed by atoms with Crippen molar-refractivity contribution in [2.75, 3.05) is 24.7 Å². The Bertz CT molecular complexity index is 1020. The fraction of sp³-hybridized carbons (Fsp3) is 0.200. The number of aromatic nitrogens is 3. The standard InChI is InChI=1S/C20H18N6O/c21-18-16-12-27-10-9-26(16)20-15(24-18)11-23-19(25-20)14-7-4-8-22-17(14)13-5-2-1-3-6-13/h1-8,11,16H,9-10,12H2,(H2,21,24). The summed E-state index contributed by atoms with van der Waals surface area (Å²) >= 11 is 0. The molecule has 1 aromatic carbocycles. The number of aliphatic imine (C=N–C) groups is 1. The summed E-state index contributed by atoms with van der Waals surface area (Å²) in [5, 5.41) is 0. The summed E-state index contributed by atoms with van der Waals surface area (Å²) in [4.78, 5) is 20.6. The number of fused-ring (bicyclic) bond motifs is 3.